The summed E-state index contributed by atoms with van der Waals surface area (Å²) in [6.07, 6.45) is 48.7. The van der Waals surface area contributed by atoms with Gasteiger partial charge in [0.25, 0.3) is 0 Å². The first kappa shape index (κ1) is 55.5. The van der Waals surface area contributed by atoms with Crippen LogP contribution in [0.25, 0.3) is 5.57 Å². The Morgan fingerprint density at radius 3 is 1.89 bits per heavy atom. The molecule has 0 aromatic heterocycles. The fraction of sp³-hybridized carbons (Fsp3) is 0.556. The molecule has 0 amide bonds. The van der Waals surface area contributed by atoms with Crippen LogP contribution in [-0.2, 0) is 6.42 Å². The fourth-order valence-corrected chi connectivity index (χ4v) is 10.2. The zero-order chi connectivity index (χ0) is 46.6. The van der Waals surface area contributed by atoms with Gasteiger partial charge in [-0.2, -0.15) is 0 Å². The van der Waals surface area contributed by atoms with Crippen LogP contribution in [0.5, 0.6) is 0 Å². The predicted molar refractivity (Wildman–Crippen MR) is 288 cm³/mol. The van der Waals surface area contributed by atoms with E-state index < -0.39 is 0 Å². The summed E-state index contributed by atoms with van der Waals surface area (Å²) >= 11 is 0. The van der Waals surface area contributed by atoms with Crippen LogP contribution in [0, 0.1) is 5.41 Å². The SMILES string of the molecule is C=C.C=C.C=C(C)CCCCCC1=C(/C=C/C2=C(C)C(=C/C=C3\C4=CCCc5cccc(c54)C3CCCC)/CC2)C(C)(C)C2=CCCC=C21.CCCCCCC.CCCCCCC. The van der Waals surface area contributed by atoms with Gasteiger partial charge in [0.1, 0.15) is 0 Å². The van der Waals surface area contributed by atoms with E-state index in [9.17, 15) is 0 Å². The Labute approximate surface area is 392 Å². The fourth-order valence-electron chi connectivity index (χ4n) is 10.2. The number of allylic oxidation sites excluding steroid dienone is 17. The molecule has 5 aliphatic carbocycles. The van der Waals surface area contributed by atoms with E-state index in [1.54, 1.807) is 44.6 Å². The maximum Gasteiger partial charge on any atom is 0.0152 e. The Morgan fingerprint density at radius 1 is 0.667 bits per heavy atom. The number of unbranched alkanes of at least 4 members (excludes halogenated alkanes) is 11. The lowest BCUT2D eigenvalue weighted by atomic mass is 9.78. The molecule has 0 nitrogen and oxygen atoms in total. The van der Waals surface area contributed by atoms with Gasteiger partial charge in [-0.05, 0) is 151 Å². The Kier molecular flexibility index (Phi) is 27.5. The summed E-state index contributed by atoms with van der Waals surface area (Å²) in [5, 5.41) is 0. The summed E-state index contributed by atoms with van der Waals surface area (Å²) in [5.41, 5.74) is 20.1. The highest BCUT2D eigenvalue weighted by molar-refractivity contribution is 5.90. The van der Waals surface area contributed by atoms with E-state index in [4.69, 9.17) is 0 Å². The molecule has 5 aliphatic rings. The van der Waals surface area contributed by atoms with Gasteiger partial charge in [-0.1, -0.05) is 198 Å². The van der Waals surface area contributed by atoms with E-state index in [2.05, 4.69) is 156 Å². The van der Waals surface area contributed by atoms with Gasteiger partial charge in [0.2, 0.25) is 0 Å². The molecule has 1 aromatic carbocycles. The van der Waals surface area contributed by atoms with Crippen LogP contribution in [0.3, 0.4) is 0 Å². The molecule has 1 atom stereocenters. The number of fused-ring (bicyclic) bond motifs is 1. The third-order valence-corrected chi connectivity index (χ3v) is 13.8. The third-order valence-electron chi connectivity index (χ3n) is 13.8. The van der Waals surface area contributed by atoms with E-state index in [-0.39, 0.29) is 5.41 Å². The average Bonchev–Trinajstić information content (AvgIpc) is 3.89. The summed E-state index contributed by atoms with van der Waals surface area (Å²) in [6.45, 7) is 36.9. The van der Waals surface area contributed by atoms with Crippen LogP contribution in [0.4, 0.5) is 0 Å². The first-order chi connectivity index (χ1) is 30.6. The van der Waals surface area contributed by atoms with Crippen molar-refractivity contribution in [3.8, 4) is 0 Å². The molecule has 1 unspecified atom stereocenters. The molecule has 348 valence electrons. The molecule has 6 rings (SSSR count). The van der Waals surface area contributed by atoms with Crippen molar-refractivity contribution in [2.24, 2.45) is 5.41 Å². The number of aryl methyl sites for hydroxylation is 1. The van der Waals surface area contributed by atoms with E-state index in [0.717, 1.165) is 19.3 Å². The molecule has 0 fully saturated rings. The Balaban J connectivity index is 0.000000645. The molecular weight excluding hydrogens is 757 g/mol. The van der Waals surface area contributed by atoms with Crippen LogP contribution in [0.1, 0.15) is 233 Å². The van der Waals surface area contributed by atoms with Gasteiger partial charge in [-0.15, -0.1) is 32.9 Å². The molecule has 0 spiro atoms. The second-order valence-electron chi connectivity index (χ2n) is 19.0. The van der Waals surface area contributed by atoms with Crippen molar-refractivity contribution in [1.82, 2.24) is 0 Å². The third kappa shape index (κ3) is 16.4. The van der Waals surface area contributed by atoms with Crippen molar-refractivity contribution >= 4 is 5.57 Å². The Bertz CT molecular complexity index is 1780. The minimum absolute atomic E-state index is 0.0868. The molecule has 0 N–H and O–H groups in total. The zero-order valence-electron chi connectivity index (χ0n) is 42.9. The number of hydrogen-bond donors (Lipinski definition) is 0. The van der Waals surface area contributed by atoms with Gasteiger partial charge in [-0.3, -0.25) is 0 Å². The summed E-state index contributed by atoms with van der Waals surface area (Å²) in [4.78, 5) is 0. The van der Waals surface area contributed by atoms with E-state index in [0.29, 0.717) is 5.92 Å². The number of rotatable bonds is 20. The first-order valence-electron chi connectivity index (χ1n) is 26.0. The maximum atomic E-state index is 4.11. The monoisotopic (exact) mass is 853 g/mol. The quantitative estimate of drug-likeness (QED) is 0.0906. The van der Waals surface area contributed by atoms with Crippen molar-refractivity contribution in [3.05, 3.63) is 160 Å². The van der Waals surface area contributed by atoms with E-state index >= 15 is 0 Å². The molecule has 63 heavy (non-hydrogen) atoms. The Hall–Kier alpha value is -3.64. The normalized spacial score (nSPS) is 19.1. The van der Waals surface area contributed by atoms with E-state index in [1.165, 1.54) is 163 Å². The molecule has 1 aromatic rings. The minimum Gasteiger partial charge on any atom is -0.106 e. The van der Waals surface area contributed by atoms with Crippen LogP contribution in [-0.4, -0.2) is 0 Å². The highest BCUT2D eigenvalue weighted by atomic mass is 14.4. The van der Waals surface area contributed by atoms with Crippen molar-refractivity contribution < 1.29 is 0 Å². The zero-order valence-corrected chi connectivity index (χ0v) is 42.9. The smallest absolute Gasteiger partial charge is 0.0152 e. The molecule has 0 saturated carbocycles. The summed E-state index contributed by atoms with van der Waals surface area (Å²) in [7, 11) is 0. The van der Waals surface area contributed by atoms with Gasteiger partial charge >= 0.3 is 0 Å². The Morgan fingerprint density at radius 2 is 1.27 bits per heavy atom. The molecule has 0 aliphatic heterocycles. The second-order valence-corrected chi connectivity index (χ2v) is 19.0. The first-order valence-corrected chi connectivity index (χ1v) is 26.0. The molecule has 0 heteroatoms. The highest BCUT2D eigenvalue weighted by Crippen LogP contribution is 2.54. The molecule has 0 saturated heterocycles. The lowest BCUT2D eigenvalue weighted by Gasteiger charge is -2.25. The van der Waals surface area contributed by atoms with Gasteiger partial charge in [-0.25, -0.2) is 0 Å². The van der Waals surface area contributed by atoms with Crippen molar-refractivity contribution in [3.63, 3.8) is 0 Å². The molecule has 0 radical (unpaired) electrons. The standard InChI is InChI=1S/C45H56.2C7H16.2C2H4/c1-7-8-19-36-37(41-23-15-18-35-17-14-22-40(36)44(35)41)29-27-33-25-26-34(32(33)4)28-30-43-39(20-11-9-10-16-31(2)3)38-21-12-13-24-42(38)45(43,5)6;2*1-3-5-7-6-4-2;2*1-2/h14,17,21-24,27-30,36H,2,7-13,15-16,18-20,25-26H2,1,3-6H3;2*3-7H2,1-2H3;2*1-2H2/b30-28+,33-27+,37-29-;;;;. The van der Waals surface area contributed by atoms with Gasteiger partial charge in [0, 0.05) is 11.3 Å². The largest absolute Gasteiger partial charge is 0.106 e. The predicted octanol–water partition coefficient (Wildman–Crippen LogP) is 20.9. The average molecular weight is 853 g/mol. The van der Waals surface area contributed by atoms with Crippen LogP contribution < -0.4 is 0 Å². The summed E-state index contributed by atoms with van der Waals surface area (Å²) < 4.78 is 0. The van der Waals surface area contributed by atoms with Gasteiger partial charge < -0.3 is 0 Å². The lowest BCUT2D eigenvalue weighted by molar-refractivity contribution is 0.571. The highest BCUT2D eigenvalue weighted by Gasteiger charge is 2.39. The van der Waals surface area contributed by atoms with Crippen molar-refractivity contribution in [2.45, 2.75) is 222 Å². The molecule has 0 bridgehead atoms. The van der Waals surface area contributed by atoms with Crippen LogP contribution in [0.15, 0.2) is 144 Å². The minimum atomic E-state index is 0.0868. The van der Waals surface area contributed by atoms with Gasteiger partial charge in [0.15, 0.2) is 0 Å². The lowest BCUT2D eigenvalue weighted by Crippen LogP contribution is -2.13. The summed E-state index contributed by atoms with van der Waals surface area (Å²) in [5.74, 6) is 0.550. The van der Waals surface area contributed by atoms with E-state index in [1.807, 2.05) is 0 Å². The molecular formula is C63H96. The van der Waals surface area contributed by atoms with Crippen LogP contribution in [0.2, 0.25) is 0 Å². The number of hydrogen-bond acceptors (Lipinski definition) is 0. The topological polar surface area (TPSA) is 0 Å². The van der Waals surface area contributed by atoms with Crippen molar-refractivity contribution in [2.75, 3.05) is 0 Å². The van der Waals surface area contributed by atoms with Gasteiger partial charge in [0.05, 0.1) is 0 Å². The number of benzene rings is 1. The van der Waals surface area contributed by atoms with Crippen LogP contribution >= 0.6 is 0 Å². The maximum absolute atomic E-state index is 4.11. The summed E-state index contributed by atoms with van der Waals surface area (Å²) in [6, 6.07) is 7.08. The second kappa shape index (κ2) is 31.3. The molecule has 0 heterocycles. The van der Waals surface area contributed by atoms with Crippen molar-refractivity contribution in [1.29, 1.82) is 0 Å².